The van der Waals surface area contributed by atoms with Crippen LogP contribution in [-0.4, -0.2) is 18.0 Å². The van der Waals surface area contributed by atoms with E-state index in [1.807, 2.05) is 0 Å². The Morgan fingerprint density at radius 1 is 1.23 bits per heavy atom. The highest BCUT2D eigenvalue weighted by Crippen LogP contribution is 2.45. The third-order valence-corrected chi connectivity index (χ3v) is 3.84. The van der Waals surface area contributed by atoms with Gasteiger partial charge in [0.15, 0.2) is 6.29 Å². The summed E-state index contributed by atoms with van der Waals surface area (Å²) in [6, 6.07) is 0. The highest BCUT2D eigenvalue weighted by molar-refractivity contribution is 4.89. The van der Waals surface area contributed by atoms with Gasteiger partial charge in [-0.1, -0.05) is 32.6 Å². The lowest BCUT2D eigenvalue weighted by Crippen LogP contribution is -2.30. The molecule has 2 aliphatic rings. The van der Waals surface area contributed by atoms with Crippen LogP contribution in [0.1, 0.15) is 45.4 Å². The van der Waals surface area contributed by atoms with Crippen LogP contribution in [0.4, 0.5) is 0 Å². The molecule has 0 spiro atoms. The van der Waals surface area contributed by atoms with Crippen LogP contribution in [0.15, 0.2) is 0 Å². The minimum atomic E-state index is -0.483. The van der Waals surface area contributed by atoms with Crippen molar-refractivity contribution in [3.05, 3.63) is 0 Å². The van der Waals surface area contributed by atoms with Crippen molar-refractivity contribution < 1.29 is 9.84 Å². The molecule has 13 heavy (non-hydrogen) atoms. The lowest BCUT2D eigenvalue weighted by Gasteiger charge is -2.32. The van der Waals surface area contributed by atoms with Gasteiger partial charge in [0.2, 0.25) is 0 Å². The molecule has 1 aliphatic carbocycles. The Balaban J connectivity index is 2.08. The number of hydrogen-bond donors (Lipinski definition) is 1. The Labute approximate surface area is 80.3 Å². The van der Waals surface area contributed by atoms with Crippen molar-refractivity contribution in [3.8, 4) is 0 Å². The summed E-state index contributed by atoms with van der Waals surface area (Å²) in [6.07, 6.45) is 7.16. The molecule has 1 N–H and O–H groups in total. The van der Waals surface area contributed by atoms with Gasteiger partial charge >= 0.3 is 0 Å². The molecule has 1 heterocycles. The second-order valence-electron chi connectivity index (χ2n) is 4.91. The van der Waals surface area contributed by atoms with Crippen LogP contribution >= 0.6 is 0 Å². The van der Waals surface area contributed by atoms with Crippen LogP contribution in [0.25, 0.3) is 0 Å². The molecule has 1 aliphatic heterocycles. The minimum Gasteiger partial charge on any atom is -0.368 e. The van der Waals surface area contributed by atoms with Gasteiger partial charge in [-0.25, -0.2) is 0 Å². The third kappa shape index (κ3) is 1.75. The van der Waals surface area contributed by atoms with Crippen molar-refractivity contribution in [2.75, 3.05) is 6.61 Å². The Morgan fingerprint density at radius 3 is 2.85 bits per heavy atom. The van der Waals surface area contributed by atoms with Gasteiger partial charge in [0.05, 0.1) is 6.61 Å². The van der Waals surface area contributed by atoms with Crippen molar-refractivity contribution in [2.24, 2.45) is 11.3 Å². The predicted molar refractivity (Wildman–Crippen MR) is 51.3 cm³/mol. The summed E-state index contributed by atoms with van der Waals surface area (Å²) >= 11 is 0. The fourth-order valence-electron chi connectivity index (χ4n) is 2.84. The average molecular weight is 184 g/mol. The van der Waals surface area contributed by atoms with Gasteiger partial charge in [-0.15, -0.1) is 0 Å². The first kappa shape index (κ1) is 9.47. The summed E-state index contributed by atoms with van der Waals surface area (Å²) in [6.45, 7) is 3.04. The Hall–Kier alpha value is -0.0800. The van der Waals surface area contributed by atoms with Gasteiger partial charge in [-0.05, 0) is 18.3 Å². The van der Waals surface area contributed by atoms with Crippen molar-refractivity contribution in [3.63, 3.8) is 0 Å². The standard InChI is InChI=1S/C11H20O2/c1-11-7-5-3-2-4-6-9(11)10(12)13-8-11/h9-10,12H,2-8H2,1H3. The summed E-state index contributed by atoms with van der Waals surface area (Å²) in [4.78, 5) is 0. The Morgan fingerprint density at radius 2 is 2.00 bits per heavy atom. The van der Waals surface area contributed by atoms with E-state index in [9.17, 15) is 5.11 Å². The molecule has 3 unspecified atom stereocenters. The largest absolute Gasteiger partial charge is 0.368 e. The fourth-order valence-corrected chi connectivity index (χ4v) is 2.84. The van der Waals surface area contributed by atoms with E-state index in [2.05, 4.69) is 6.92 Å². The van der Waals surface area contributed by atoms with Gasteiger partial charge in [0.25, 0.3) is 0 Å². The number of aliphatic hydroxyl groups is 1. The first-order valence-corrected chi connectivity index (χ1v) is 5.52. The zero-order valence-corrected chi connectivity index (χ0v) is 8.46. The Kier molecular flexibility index (Phi) is 2.61. The zero-order chi connectivity index (χ0) is 9.31. The van der Waals surface area contributed by atoms with E-state index in [1.165, 1.54) is 32.1 Å². The van der Waals surface area contributed by atoms with E-state index in [0.29, 0.717) is 5.92 Å². The molecule has 3 atom stereocenters. The van der Waals surface area contributed by atoms with Crippen LogP contribution in [0.2, 0.25) is 0 Å². The molecule has 2 nitrogen and oxygen atoms in total. The highest BCUT2D eigenvalue weighted by Gasteiger charge is 2.45. The van der Waals surface area contributed by atoms with Gasteiger partial charge in [-0.3, -0.25) is 0 Å². The van der Waals surface area contributed by atoms with E-state index >= 15 is 0 Å². The highest BCUT2D eigenvalue weighted by atomic mass is 16.6. The van der Waals surface area contributed by atoms with Crippen molar-refractivity contribution >= 4 is 0 Å². The van der Waals surface area contributed by atoms with Gasteiger partial charge in [-0.2, -0.15) is 0 Å². The summed E-state index contributed by atoms with van der Waals surface area (Å²) < 4.78 is 5.37. The molecule has 0 aromatic heterocycles. The zero-order valence-electron chi connectivity index (χ0n) is 8.46. The molecule has 0 aromatic rings. The molecule has 0 bridgehead atoms. The normalized spacial score (nSPS) is 46.6. The first-order chi connectivity index (χ1) is 6.22. The monoisotopic (exact) mass is 184 g/mol. The summed E-state index contributed by atoms with van der Waals surface area (Å²) in [5, 5.41) is 9.68. The van der Waals surface area contributed by atoms with Gasteiger partial charge < -0.3 is 9.84 Å². The summed E-state index contributed by atoms with van der Waals surface area (Å²) in [5.74, 6) is 0.396. The number of ether oxygens (including phenoxy) is 1. The van der Waals surface area contributed by atoms with Gasteiger partial charge in [0.1, 0.15) is 0 Å². The van der Waals surface area contributed by atoms with E-state index in [1.54, 1.807) is 0 Å². The SMILES string of the molecule is CC12CCCCCCC1C(O)OC2. The van der Waals surface area contributed by atoms with E-state index in [0.717, 1.165) is 13.0 Å². The molecule has 76 valence electrons. The number of rotatable bonds is 0. The molecule has 2 fully saturated rings. The van der Waals surface area contributed by atoms with E-state index < -0.39 is 6.29 Å². The van der Waals surface area contributed by atoms with Crippen LogP contribution < -0.4 is 0 Å². The predicted octanol–water partition coefficient (Wildman–Crippen LogP) is 2.31. The lowest BCUT2D eigenvalue weighted by molar-refractivity contribution is -0.0845. The molecule has 1 saturated heterocycles. The maximum Gasteiger partial charge on any atom is 0.157 e. The lowest BCUT2D eigenvalue weighted by atomic mass is 9.71. The summed E-state index contributed by atoms with van der Waals surface area (Å²) in [7, 11) is 0. The summed E-state index contributed by atoms with van der Waals surface area (Å²) in [5.41, 5.74) is 0.264. The number of fused-ring (bicyclic) bond motifs is 1. The molecule has 0 radical (unpaired) electrons. The third-order valence-electron chi connectivity index (χ3n) is 3.84. The van der Waals surface area contributed by atoms with Crippen LogP contribution in [-0.2, 0) is 4.74 Å². The van der Waals surface area contributed by atoms with Crippen LogP contribution in [0, 0.1) is 11.3 Å². The molecule has 2 rings (SSSR count). The maximum absolute atomic E-state index is 9.68. The minimum absolute atomic E-state index is 0.264. The average Bonchev–Trinajstić information content (AvgIpc) is 2.32. The van der Waals surface area contributed by atoms with Crippen LogP contribution in [0.5, 0.6) is 0 Å². The van der Waals surface area contributed by atoms with Crippen LogP contribution in [0.3, 0.4) is 0 Å². The molecule has 1 saturated carbocycles. The second kappa shape index (κ2) is 3.58. The quantitative estimate of drug-likeness (QED) is 0.626. The van der Waals surface area contributed by atoms with Crippen molar-refractivity contribution in [1.82, 2.24) is 0 Å². The number of hydrogen-bond acceptors (Lipinski definition) is 2. The molecule has 2 heteroatoms. The van der Waals surface area contributed by atoms with E-state index in [-0.39, 0.29) is 5.41 Å². The fraction of sp³-hybridized carbons (Fsp3) is 1.00. The smallest absolute Gasteiger partial charge is 0.157 e. The maximum atomic E-state index is 9.68. The Bertz CT molecular complexity index is 181. The molecular formula is C11H20O2. The topological polar surface area (TPSA) is 29.5 Å². The van der Waals surface area contributed by atoms with E-state index in [4.69, 9.17) is 4.74 Å². The molecule has 0 aromatic carbocycles. The molecule has 0 amide bonds. The molecular weight excluding hydrogens is 164 g/mol. The van der Waals surface area contributed by atoms with Gasteiger partial charge in [0, 0.05) is 5.92 Å². The first-order valence-electron chi connectivity index (χ1n) is 5.52. The second-order valence-corrected chi connectivity index (χ2v) is 4.91. The van der Waals surface area contributed by atoms with Crippen molar-refractivity contribution in [1.29, 1.82) is 0 Å². The number of aliphatic hydroxyl groups excluding tert-OH is 1. The van der Waals surface area contributed by atoms with Crippen molar-refractivity contribution in [2.45, 2.75) is 51.7 Å².